The summed E-state index contributed by atoms with van der Waals surface area (Å²) in [5.41, 5.74) is 1.64. The van der Waals surface area contributed by atoms with E-state index >= 15 is 0 Å². The molecule has 0 aliphatic carbocycles. The first-order chi connectivity index (χ1) is 12.1. The number of ether oxygens (including phenoxy) is 3. The topological polar surface area (TPSA) is 114 Å². The largest absolute Gasteiger partial charge is 0.351 e. The quantitative estimate of drug-likeness (QED) is 0.280. The molecule has 0 fully saturated rings. The number of rotatable bonds is 10. The fourth-order valence-electron chi connectivity index (χ4n) is 1.90. The summed E-state index contributed by atoms with van der Waals surface area (Å²) in [6, 6.07) is 12.1. The molecule has 0 atom stereocenters. The lowest BCUT2D eigenvalue weighted by Crippen LogP contribution is -2.05. The average molecular weight is 348 g/mol. The third-order valence-corrected chi connectivity index (χ3v) is 3.17. The van der Waals surface area contributed by atoms with Crippen molar-refractivity contribution in [2.75, 3.05) is 13.6 Å². The van der Waals surface area contributed by atoms with Gasteiger partial charge in [0.05, 0.1) is 23.1 Å². The van der Waals surface area contributed by atoms with Crippen LogP contribution in [-0.4, -0.2) is 23.4 Å². The van der Waals surface area contributed by atoms with Crippen molar-refractivity contribution in [3.8, 4) is 0 Å². The van der Waals surface area contributed by atoms with Gasteiger partial charge in [0.2, 0.25) is 0 Å². The summed E-state index contributed by atoms with van der Waals surface area (Å²) in [5, 5.41) is 21.1. The van der Waals surface area contributed by atoms with Gasteiger partial charge in [0.1, 0.15) is 13.6 Å². The maximum Gasteiger partial charge on any atom is 0.269 e. The minimum absolute atomic E-state index is 0.0112. The number of hydrogen-bond acceptors (Lipinski definition) is 7. The maximum atomic E-state index is 10.5. The molecule has 0 unspecified atom stereocenters. The second kappa shape index (κ2) is 9.42. The second-order valence-electron chi connectivity index (χ2n) is 4.98. The highest BCUT2D eigenvalue weighted by molar-refractivity contribution is 5.33. The monoisotopic (exact) mass is 348 g/mol. The highest BCUT2D eigenvalue weighted by atomic mass is 16.7. The van der Waals surface area contributed by atoms with Gasteiger partial charge in [-0.3, -0.25) is 20.2 Å². The van der Waals surface area contributed by atoms with Gasteiger partial charge in [0, 0.05) is 24.3 Å². The number of nitro groups is 2. The molecule has 132 valence electrons. The van der Waals surface area contributed by atoms with Crippen LogP contribution in [0.3, 0.4) is 0 Å². The summed E-state index contributed by atoms with van der Waals surface area (Å²) in [7, 11) is 0. The van der Waals surface area contributed by atoms with Gasteiger partial charge in [-0.1, -0.05) is 0 Å². The summed E-state index contributed by atoms with van der Waals surface area (Å²) in [6.07, 6.45) is 0. The fourth-order valence-corrected chi connectivity index (χ4v) is 1.90. The second-order valence-corrected chi connectivity index (χ2v) is 4.98. The molecular weight excluding hydrogens is 332 g/mol. The summed E-state index contributed by atoms with van der Waals surface area (Å²) in [5.74, 6) is 0. The minimum atomic E-state index is -0.462. The Bertz CT molecular complexity index is 640. The lowest BCUT2D eigenvalue weighted by molar-refractivity contribution is -0.385. The molecule has 2 rings (SSSR count). The third kappa shape index (κ3) is 6.26. The van der Waals surface area contributed by atoms with Crippen molar-refractivity contribution in [1.29, 1.82) is 0 Å². The first-order valence-corrected chi connectivity index (χ1v) is 7.26. The van der Waals surface area contributed by atoms with Crippen molar-refractivity contribution < 1.29 is 24.1 Å². The van der Waals surface area contributed by atoms with E-state index < -0.39 is 9.85 Å². The van der Waals surface area contributed by atoms with Crippen LogP contribution < -0.4 is 0 Å². The number of non-ortho nitro benzene ring substituents is 2. The Morgan fingerprint density at radius 1 is 0.640 bits per heavy atom. The van der Waals surface area contributed by atoms with Crippen LogP contribution in [0, 0.1) is 20.2 Å². The van der Waals surface area contributed by atoms with Crippen LogP contribution in [0.15, 0.2) is 48.5 Å². The number of hydrogen-bond donors (Lipinski definition) is 0. The average Bonchev–Trinajstić information content (AvgIpc) is 2.61. The van der Waals surface area contributed by atoms with Crippen LogP contribution in [0.4, 0.5) is 11.4 Å². The zero-order valence-corrected chi connectivity index (χ0v) is 13.2. The third-order valence-electron chi connectivity index (χ3n) is 3.17. The first-order valence-electron chi connectivity index (χ1n) is 7.26. The van der Waals surface area contributed by atoms with Crippen LogP contribution in [0.1, 0.15) is 11.1 Å². The molecule has 0 aromatic heterocycles. The lowest BCUT2D eigenvalue weighted by atomic mass is 10.2. The molecule has 0 N–H and O–H groups in total. The highest BCUT2D eigenvalue weighted by Crippen LogP contribution is 2.13. The molecule has 0 aliphatic rings. The molecule has 0 saturated heterocycles. The molecule has 0 heterocycles. The van der Waals surface area contributed by atoms with E-state index in [0.717, 1.165) is 11.1 Å². The van der Waals surface area contributed by atoms with Crippen molar-refractivity contribution in [2.45, 2.75) is 13.2 Å². The Balaban J connectivity index is 1.57. The molecule has 0 spiro atoms. The number of nitrogens with zero attached hydrogens (tertiary/aromatic N) is 2. The van der Waals surface area contributed by atoms with Gasteiger partial charge in [-0.05, 0) is 35.4 Å². The Hall–Kier alpha value is -2.88. The zero-order chi connectivity index (χ0) is 18.1. The van der Waals surface area contributed by atoms with Crippen molar-refractivity contribution in [3.63, 3.8) is 0 Å². The number of benzene rings is 2. The van der Waals surface area contributed by atoms with Crippen LogP contribution in [0.25, 0.3) is 0 Å². The molecule has 0 amide bonds. The van der Waals surface area contributed by atoms with Gasteiger partial charge < -0.3 is 14.2 Å². The predicted molar refractivity (Wildman–Crippen MR) is 86.6 cm³/mol. The SMILES string of the molecule is O=[N+]([O-])c1ccc(COCOCOCc2ccc([N+](=O)[O-])cc2)cc1. The van der Waals surface area contributed by atoms with E-state index in [9.17, 15) is 20.2 Å². The van der Waals surface area contributed by atoms with E-state index in [4.69, 9.17) is 14.2 Å². The molecule has 0 saturated carbocycles. The first kappa shape index (κ1) is 18.5. The van der Waals surface area contributed by atoms with E-state index in [1.165, 1.54) is 24.3 Å². The van der Waals surface area contributed by atoms with Gasteiger partial charge in [-0.15, -0.1) is 0 Å². The molecule has 2 aromatic rings. The normalized spacial score (nSPS) is 10.6. The lowest BCUT2D eigenvalue weighted by Gasteiger charge is -2.07. The van der Waals surface area contributed by atoms with Crippen LogP contribution in [0.5, 0.6) is 0 Å². The molecule has 0 radical (unpaired) electrons. The molecule has 25 heavy (non-hydrogen) atoms. The van der Waals surface area contributed by atoms with Crippen LogP contribution in [-0.2, 0) is 27.4 Å². The number of nitro benzene ring substituents is 2. The van der Waals surface area contributed by atoms with Crippen LogP contribution in [0.2, 0.25) is 0 Å². The Kier molecular flexibility index (Phi) is 6.96. The molecule has 2 aromatic carbocycles. The van der Waals surface area contributed by atoms with Gasteiger partial charge in [0.15, 0.2) is 0 Å². The summed E-state index contributed by atoms with van der Waals surface area (Å²) in [4.78, 5) is 20.1. The molecule has 0 aliphatic heterocycles. The van der Waals surface area contributed by atoms with Gasteiger partial charge >= 0.3 is 0 Å². The fraction of sp³-hybridized carbons (Fsp3) is 0.250. The zero-order valence-electron chi connectivity index (χ0n) is 13.2. The molecule has 9 heteroatoms. The van der Waals surface area contributed by atoms with Gasteiger partial charge in [-0.25, -0.2) is 0 Å². The Morgan fingerprint density at radius 3 is 1.32 bits per heavy atom. The van der Waals surface area contributed by atoms with E-state index in [1.807, 2.05) is 0 Å². The Labute approximate surface area is 143 Å². The standard InChI is InChI=1S/C16H16N2O7/c19-17(20)15-5-1-13(2-6-15)9-23-11-25-12-24-10-14-3-7-16(8-4-14)18(21)22/h1-8H,9-12H2. The maximum absolute atomic E-state index is 10.5. The predicted octanol–water partition coefficient (Wildman–Crippen LogP) is 3.17. The van der Waals surface area contributed by atoms with Crippen molar-refractivity contribution in [2.24, 2.45) is 0 Å². The molecule has 9 nitrogen and oxygen atoms in total. The van der Waals surface area contributed by atoms with Crippen molar-refractivity contribution in [1.82, 2.24) is 0 Å². The van der Waals surface area contributed by atoms with Gasteiger partial charge in [0.25, 0.3) is 11.4 Å². The van der Waals surface area contributed by atoms with E-state index in [0.29, 0.717) is 0 Å². The molecular formula is C16H16N2O7. The molecule has 0 bridgehead atoms. The smallest absolute Gasteiger partial charge is 0.269 e. The van der Waals surface area contributed by atoms with E-state index in [2.05, 4.69) is 0 Å². The summed E-state index contributed by atoms with van der Waals surface area (Å²) in [6.45, 7) is 0.551. The highest BCUT2D eigenvalue weighted by Gasteiger charge is 2.04. The van der Waals surface area contributed by atoms with E-state index in [-0.39, 0.29) is 38.2 Å². The summed E-state index contributed by atoms with van der Waals surface area (Å²) < 4.78 is 15.7. The van der Waals surface area contributed by atoms with E-state index in [1.54, 1.807) is 24.3 Å². The summed E-state index contributed by atoms with van der Waals surface area (Å²) >= 11 is 0. The Morgan fingerprint density at radius 2 is 1.00 bits per heavy atom. The van der Waals surface area contributed by atoms with Crippen LogP contribution >= 0.6 is 0 Å². The van der Waals surface area contributed by atoms with Gasteiger partial charge in [-0.2, -0.15) is 0 Å². The van der Waals surface area contributed by atoms with Crippen molar-refractivity contribution in [3.05, 3.63) is 79.9 Å². The minimum Gasteiger partial charge on any atom is -0.351 e. The van der Waals surface area contributed by atoms with Crippen molar-refractivity contribution >= 4 is 11.4 Å².